The van der Waals surface area contributed by atoms with Gasteiger partial charge in [-0.15, -0.1) is 0 Å². The molecule has 0 radical (unpaired) electrons. The molecule has 0 spiro atoms. The standard InChI is InChI=1S/C20H24ClN3O3S/c1-15(13-17-5-2-3-7-19(17)21)23-20(25)16-8-11-24(12-9-16)28(26,27)18-6-4-10-22-14-18/h2-7,10,14-16H,8-9,11-13H2,1H3,(H,23,25)/t15-/m1/s1. The normalized spacial score (nSPS) is 17.2. The van der Waals surface area contributed by atoms with E-state index in [2.05, 4.69) is 10.3 Å². The van der Waals surface area contributed by atoms with Crippen molar-refractivity contribution in [2.24, 2.45) is 5.92 Å². The second-order valence-electron chi connectivity index (χ2n) is 7.07. The van der Waals surface area contributed by atoms with Crippen LogP contribution in [0.25, 0.3) is 0 Å². The Morgan fingerprint density at radius 3 is 2.61 bits per heavy atom. The average molecular weight is 422 g/mol. The average Bonchev–Trinajstić information content (AvgIpc) is 2.70. The summed E-state index contributed by atoms with van der Waals surface area (Å²) in [5, 5.41) is 3.73. The summed E-state index contributed by atoms with van der Waals surface area (Å²) in [5.74, 6) is -0.216. The molecule has 1 amide bonds. The minimum absolute atomic E-state index is 0.0296. The summed E-state index contributed by atoms with van der Waals surface area (Å²) < 4.78 is 26.7. The Balaban J connectivity index is 1.53. The fourth-order valence-corrected chi connectivity index (χ4v) is 5.06. The molecule has 1 aliphatic heterocycles. The molecule has 0 bridgehead atoms. The number of amides is 1. The summed E-state index contributed by atoms with van der Waals surface area (Å²) in [6.45, 7) is 2.60. The highest BCUT2D eigenvalue weighted by Gasteiger charge is 2.32. The highest BCUT2D eigenvalue weighted by molar-refractivity contribution is 7.89. The first-order valence-electron chi connectivity index (χ1n) is 9.32. The molecule has 1 atom stereocenters. The first-order chi connectivity index (χ1) is 13.4. The molecule has 1 N–H and O–H groups in total. The van der Waals surface area contributed by atoms with Gasteiger partial charge in [0.2, 0.25) is 15.9 Å². The van der Waals surface area contributed by atoms with Crippen LogP contribution in [0.15, 0.2) is 53.7 Å². The molecular formula is C20H24ClN3O3S. The van der Waals surface area contributed by atoms with Gasteiger partial charge < -0.3 is 5.32 Å². The fraction of sp³-hybridized carbons (Fsp3) is 0.400. The number of piperidine rings is 1. The molecule has 1 aliphatic rings. The van der Waals surface area contributed by atoms with Gasteiger partial charge in [0.1, 0.15) is 4.90 Å². The monoisotopic (exact) mass is 421 g/mol. The maximum Gasteiger partial charge on any atom is 0.244 e. The number of hydrogen-bond donors (Lipinski definition) is 1. The predicted molar refractivity (Wildman–Crippen MR) is 108 cm³/mol. The lowest BCUT2D eigenvalue weighted by atomic mass is 9.96. The van der Waals surface area contributed by atoms with Crippen LogP contribution in [0.1, 0.15) is 25.3 Å². The summed E-state index contributed by atoms with van der Waals surface area (Å²) in [6, 6.07) is 10.7. The largest absolute Gasteiger partial charge is 0.353 e. The van der Waals surface area contributed by atoms with E-state index in [1.807, 2.05) is 31.2 Å². The van der Waals surface area contributed by atoms with Crippen LogP contribution in [-0.4, -0.2) is 42.7 Å². The molecule has 6 nitrogen and oxygen atoms in total. The van der Waals surface area contributed by atoms with Gasteiger partial charge in [0, 0.05) is 42.5 Å². The maximum atomic E-state index is 12.6. The molecule has 0 saturated carbocycles. The van der Waals surface area contributed by atoms with Crippen molar-refractivity contribution < 1.29 is 13.2 Å². The number of benzene rings is 1. The van der Waals surface area contributed by atoms with Crippen LogP contribution < -0.4 is 5.32 Å². The third-order valence-corrected chi connectivity index (χ3v) is 7.22. The molecule has 1 aromatic carbocycles. The van der Waals surface area contributed by atoms with Gasteiger partial charge in [0.05, 0.1) is 0 Å². The van der Waals surface area contributed by atoms with E-state index in [4.69, 9.17) is 11.6 Å². The fourth-order valence-electron chi connectivity index (χ4n) is 3.41. The number of pyridine rings is 1. The van der Waals surface area contributed by atoms with Gasteiger partial charge in [-0.25, -0.2) is 8.42 Å². The first-order valence-corrected chi connectivity index (χ1v) is 11.1. The lowest BCUT2D eigenvalue weighted by Gasteiger charge is -2.31. The molecular weight excluding hydrogens is 398 g/mol. The number of nitrogens with zero attached hydrogens (tertiary/aromatic N) is 2. The van der Waals surface area contributed by atoms with E-state index in [-0.39, 0.29) is 22.8 Å². The van der Waals surface area contributed by atoms with Crippen LogP contribution >= 0.6 is 11.6 Å². The highest BCUT2D eigenvalue weighted by Crippen LogP contribution is 2.24. The third-order valence-electron chi connectivity index (χ3n) is 4.97. The number of carbonyl (C=O) groups is 1. The molecule has 3 rings (SSSR count). The van der Waals surface area contributed by atoms with Crippen LogP contribution in [0.2, 0.25) is 5.02 Å². The molecule has 2 heterocycles. The number of nitrogens with one attached hydrogen (secondary N) is 1. The third kappa shape index (κ3) is 4.90. The van der Waals surface area contributed by atoms with Crippen LogP contribution in [0.3, 0.4) is 0 Å². The van der Waals surface area contributed by atoms with E-state index >= 15 is 0 Å². The molecule has 0 aliphatic carbocycles. The Bertz CT molecular complexity index is 913. The lowest BCUT2D eigenvalue weighted by molar-refractivity contribution is -0.126. The van der Waals surface area contributed by atoms with Crippen LogP contribution in [0.5, 0.6) is 0 Å². The molecule has 2 aromatic rings. The van der Waals surface area contributed by atoms with Crippen molar-refractivity contribution in [1.82, 2.24) is 14.6 Å². The highest BCUT2D eigenvalue weighted by atomic mass is 35.5. The van der Waals surface area contributed by atoms with Crippen LogP contribution in [-0.2, 0) is 21.2 Å². The van der Waals surface area contributed by atoms with Gasteiger partial charge in [-0.2, -0.15) is 4.31 Å². The molecule has 1 aromatic heterocycles. The topological polar surface area (TPSA) is 79.4 Å². The van der Waals surface area contributed by atoms with E-state index in [1.54, 1.807) is 12.3 Å². The number of rotatable bonds is 6. The number of carbonyl (C=O) groups excluding carboxylic acids is 1. The maximum absolute atomic E-state index is 12.6. The Labute approximate surface area is 171 Å². The van der Waals surface area contributed by atoms with Gasteiger partial charge in [-0.3, -0.25) is 9.78 Å². The van der Waals surface area contributed by atoms with Gasteiger partial charge in [0.25, 0.3) is 0 Å². The quantitative estimate of drug-likeness (QED) is 0.777. The molecule has 150 valence electrons. The van der Waals surface area contributed by atoms with Gasteiger partial charge in [0.15, 0.2) is 0 Å². The van der Waals surface area contributed by atoms with Crippen molar-refractivity contribution in [3.63, 3.8) is 0 Å². The Morgan fingerprint density at radius 1 is 1.25 bits per heavy atom. The summed E-state index contributed by atoms with van der Waals surface area (Å²) in [5.41, 5.74) is 0.995. The molecule has 0 unspecified atom stereocenters. The number of aromatic nitrogens is 1. The number of hydrogen-bond acceptors (Lipinski definition) is 4. The van der Waals surface area contributed by atoms with Crippen LogP contribution in [0, 0.1) is 5.92 Å². The molecule has 8 heteroatoms. The smallest absolute Gasteiger partial charge is 0.244 e. The van der Waals surface area contributed by atoms with Crippen molar-refractivity contribution in [1.29, 1.82) is 0 Å². The van der Waals surface area contributed by atoms with E-state index in [0.29, 0.717) is 37.4 Å². The van der Waals surface area contributed by atoms with Gasteiger partial charge in [-0.05, 0) is 49.9 Å². The van der Waals surface area contributed by atoms with E-state index in [1.165, 1.54) is 16.6 Å². The van der Waals surface area contributed by atoms with Gasteiger partial charge in [-0.1, -0.05) is 29.8 Å². The Morgan fingerprint density at radius 2 is 1.96 bits per heavy atom. The van der Waals surface area contributed by atoms with E-state index in [9.17, 15) is 13.2 Å². The van der Waals surface area contributed by atoms with E-state index < -0.39 is 10.0 Å². The predicted octanol–water partition coefficient (Wildman–Crippen LogP) is 2.88. The summed E-state index contributed by atoms with van der Waals surface area (Å²) >= 11 is 6.18. The number of halogens is 1. The zero-order valence-electron chi connectivity index (χ0n) is 15.7. The SMILES string of the molecule is C[C@H](Cc1ccccc1Cl)NC(=O)C1CCN(S(=O)(=O)c2cccnc2)CC1. The second kappa shape index (κ2) is 9.03. The first kappa shape index (κ1) is 20.8. The lowest BCUT2D eigenvalue weighted by Crippen LogP contribution is -2.45. The van der Waals surface area contributed by atoms with Crippen LogP contribution in [0.4, 0.5) is 0 Å². The molecule has 1 fully saturated rings. The second-order valence-corrected chi connectivity index (χ2v) is 9.42. The van der Waals surface area contributed by atoms with Crippen molar-refractivity contribution in [3.8, 4) is 0 Å². The summed E-state index contributed by atoms with van der Waals surface area (Å²) in [4.78, 5) is 16.7. The minimum Gasteiger partial charge on any atom is -0.353 e. The zero-order valence-corrected chi connectivity index (χ0v) is 17.3. The van der Waals surface area contributed by atoms with E-state index in [0.717, 1.165) is 5.56 Å². The zero-order chi connectivity index (χ0) is 20.1. The summed E-state index contributed by atoms with van der Waals surface area (Å²) in [6.07, 6.45) is 4.55. The molecule has 28 heavy (non-hydrogen) atoms. The Kier molecular flexibility index (Phi) is 6.69. The number of sulfonamides is 1. The summed E-state index contributed by atoms with van der Waals surface area (Å²) in [7, 11) is -3.56. The molecule has 1 saturated heterocycles. The van der Waals surface area contributed by atoms with Gasteiger partial charge >= 0.3 is 0 Å². The van der Waals surface area contributed by atoms with Crippen molar-refractivity contribution in [2.45, 2.75) is 37.1 Å². The minimum atomic E-state index is -3.56. The van der Waals surface area contributed by atoms with Crippen molar-refractivity contribution >= 4 is 27.5 Å². The Hall–Kier alpha value is -1.96. The van der Waals surface area contributed by atoms with Crippen molar-refractivity contribution in [3.05, 3.63) is 59.4 Å². The van der Waals surface area contributed by atoms with Crippen molar-refractivity contribution in [2.75, 3.05) is 13.1 Å².